The minimum absolute atomic E-state index is 0.218. The van der Waals surface area contributed by atoms with Crippen LogP contribution in [0.15, 0.2) is 114 Å². The Bertz CT molecular complexity index is 1390. The molecule has 0 radical (unpaired) electrons. The summed E-state index contributed by atoms with van der Waals surface area (Å²) in [6.45, 7) is 0. The highest BCUT2D eigenvalue weighted by Gasteiger charge is 2.13. The predicted molar refractivity (Wildman–Crippen MR) is 130 cm³/mol. The molecular formula is C27H20N4O3. The van der Waals surface area contributed by atoms with E-state index in [-0.39, 0.29) is 5.91 Å². The molecule has 0 fully saturated rings. The van der Waals surface area contributed by atoms with Crippen LogP contribution in [-0.2, 0) is 0 Å². The second-order valence-corrected chi connectivity index (χ2v) is 7.34. The molecule has 7 heteroatoms. The van der Waals surface area contributed by atoms with Gasteiger partial charge in [0.2, 0.25) is 5.88 Å². The van der Waals surface area contributed by atoms with Crippen LogP contribution in [0, 0.1) is 0 Å². The van der Waals surface area contributed by atoms with Crippen LogP contribution in [0.3, 0.4) is 0 Å². The van der Waals surface area contributed by atoms with E-state index in [0.717, 1.165) is 11.4 Å². The van der Waals surface area contributed by atoms with Gasteiger partial charge in [-0.15, -0.1) is 0 Å². The van der Waals surface area contributed by atoms with Crippen LogP contribution in [0.1, 0.15) is 10.4 Å². The summed E-state index contributed by atoms with van der Waals surface area (Å²) in [5, 5.41) is 6.23. The highest BCUT2D eigenvalue weighted by atomic mass is 16.5. The zero-order valence-corrected chi connectivity index (χ0v) is 18.0. The van der Waals surface area contributed by atoms with Crippen molar-refractivity contribution in [1.29, 1.82) is 0 Å². The largest absolute Gasteiger partial charge is 0.443 e. The van der Waals surface area contributed by atoms with Gasteiger partial charge in [-0.3, -0.25) is 4.79 Å². The Morgan fingerprint density at radius 3 is 2.41 bits per heavy atom. The lowest BCUT2D eigenvalue weighted by Crippen LogP contribution is -2.13. The van der Waals surface area contributed by atoms with Crippen molar-refractivity contribution in [3.8, 4) is 23.0 Å². The van der Waals surface area contributed by atoms with E-state index in [9.17, 15) is 4.79 Å². The molecule has 0 aliphatic rings. The number of oxazole rings is 1. The molecule has 2 heterocycles. The summed E-state index contributed by atoms with van der Waals surface area (Å²) in [5.41, 5.74) is 3.50. The number of hydrogen-bond acceptors (Lipinski definition) is 6. The average Bonchev–Trinajstić information content (AvgIpc) is 3.41. The van der Waals surface area contributed by atoms with Gasteiger partial charge in [-0.05, 0) is 60.7 Å². The molecule has 5 rings (SSSR count). The Hall–Kier alpha value is -4.91. The van der Waals surface area contributed by atoms with E-state index in [1.165, 1.54) is 6.39 Å². The van der Waals surface area contributed by atoms with Crippen molar-refractivity contribution in [1.82, 2.24) is 9.97 Å². The number of hydrogen-bond donors (Lipinski definition) is 2. The van der Waals surface area contributed by atoms with Gasteiger partial charge < -0.3 is 19.8 Å². The van der Waals surface area contributed by atoms with Gasteiger partial charge in [-0.1, -0.05) is 30.3 Å². The molecule has 2 aromatic heterocycles. The SMILES string of the molecule is O=C(Nc1ccc(Oc2ncccc2-c2cnco2)cc1)c1ccccc1Nc1ccccc1. The lowest BCUT2D eigenvalue weighted by Gasteiger charge is -2.13. The Kier molecular flexibility index (Phi) is 5.98. The number of carbonyl (C=O) groups is 1. The predicted octanol–water partition coefficient (Wildman–Crippen LogP) is 6.52. The zero-order valence-electron chi connectivity index (χ0n) is 18.0. The summed E-state index contributed by atoms with van der Waals surface area (Å²) in [6, 6.07) is 27.8. The average molecular weight is 448 g/mol. The monoisotopic (exact) mass is 448 g/mol. The van der Waals surface area contributed by atoms with E-state index in [4.69, 9.17) is 9.15 Å². The topological polar surface area (TPSA) is 89.3 Å². The molecule has 0 saturated heterocycles. The molecule has 3 aromatic carbocycles. The Morgan fingerprint density at radius 1 is 0.824 bits per heavy atom. The van der Waals surface area contributed by atoms with Gasteiger partial charge in [0.25, 0.3) is 5.91 Å². The van der Waals surface area contributed by atoms with Crippen molar-refractivity contribution in [2.24, 2.45) is 0 Å². The maximum atomic E-state index is 13.0. The third-order valence-corrected chi connectivity index (χ3v) is 5.02. The molecule has 34 heavy (non-hydrogen) atoms. The number of anilines is 3. The second kappa shape index (κ2) is 9.70. The maximum absolute atomic E-state index is 13.0. The zero-order chi connectivity index (χ0) is 23.2. The Balaban J connectivity index is 1.29. The number of rotatable bonds is 7. The van der Waals surface area contributed by atoms with Crippen LogP contribution in [0.25, 0.3) is 11.3 Å². The lowest BCUT2D eigenvalue weighted by molar-refractivity contribution is 0.102. The quantitative estimate of drug-likeness (QED) is 0.294. The highest BCUT2D eigenvalue weighted by Crippen LogP contribution is 2.31. The number of carbonyl (C=O) groups excluding carboxylic acids is 1. The van der Waals surface area contributed by atoms with Gasteiger partial charge in [0.05, 0.1) is 23.0 Å². The van der Waals surface area contributed by atoms with Crippen molar-refractivity contribution in [3.05, 3.63) is 115 Å². The number of pyridine rings is 1. The number of nitrogens with zero attached hydrogens (tertiary/aromatic N) is 2. The van der Waals surface area contributed by atoms with Gasteiger partial charge in [0, 0.05) is 17.6 Å². The van der Waals surface area contributed by atoms with Crippen LogP contribution >= 0.6 is 0 Å². The molecular weight excluding hydrogens is 428 g/mol. The fourth-order valence-electron chi connectivity index (χ4n) is 3.39. The number of ether oxygens (including phenoxy) is 1. The number of aromatic nitrogens is 2. The molecule has 0 saturated carbocycles. The third-order valence-electron chi connectivity index (χ3n) is 5.02. The number of amides is 1. The minimum Gasteiger partial charge on any atom is -0.443 e. The van der Waals surface area contributed by atoms with Gasteiger partial charge in [0.15, 0.2) is 12.2 Å². The summed E-state index contributed by atoms with van der Waals surface area (Å²) >= 11 is 0. The van der Waals surface area contributed by atoms with Gasteiger partial charge in [-0.25, -0.2) is 9.97 Å². The first kappa shape index (κ1) is 21.0. The molecule has 166 valence electrons. The fraction of sp³-hybridized carbons (Fsp3) is 0. The van der Waals surface area contributed by atoms with Crippen LogP contribution in [-0.4, -0.2) is 15.9 Å². The summed E-state index contributed by atoms with van der Waals surface area (Å²) in [7, 11) is 0. The molecule has 1 amide bonds. The van der Waals surface area contributed by atoms with Crippen molar-refractivity contribution in [3.63, 3.8) is 0 Å². The first-order valence-corrected chi connectivity index (χ1v) is 10.6. The van der Waals surface area contributed by atoms with Crippen LogP contribution < -0.4 is 15.4 Å². The molecule has 5 aromatic rings. The maximum Gasteiger partial charge on any atom is 0.257 e. The van der Waals surface area contributed by atoms with Crippen molar-refractivity contribution in [2.75, 3.05) is 10.6 Å². The number of benzene rings is 3. The van der Waals surface area contributed by atoms with Crippen LogP contribution in [0.5, 0.6) is 11.6 Å². The fourth-order valence-corrected chi connectivity index (χ4v) is 3.39. The van der Waals surface area contributed by atoms with Gasteiger partial charge in [0.1, 0.15) is 5.75 Å². The first-order valence-electron chi connectivity index (χ1n) is 10.6. The molecule has 0 bridgehead atoms. The molecule has 0 aliphatic carbocycles. The third kappa shape index (κ3) is 4.78. The first-order chi connectivity index (χ1) is 16.8. The Labute approximate surface area is 196 Å². The van der Waals surface area contributed by atoms with Gasteiger partial charge in [-0.2, -0.15) is 0 Å². The van der Waals surface area contributed by atoms with E-state index >= 15 is 0 Å². The summed E-state index contributed by atoms with van der Waals surface area (Å²) in [5.74, 6) is 1.32. The van der Waals surface area contributed by atoms with Crippen molar-refractivity contribution < 1.29 is 13.9 Å². The number of para-hydroxylation sites is 2. The van der Waals surface area contributed by atoms with Crippen LogP contribution in [0.2, 0.25) is 0 Å². The normalized spacial score (nSPS) is 10.5. The molecule has 0 unspecified atom stereocenters. The van der Waals surface area contributed by atoms with E-state index in [2.05, 4.69) is 20.6 Å². The summed E-state index contributed by atoms with van der Waals surface area (Å²) in [6.07, 6.45) is 4.61. The van der Waals surface area contributed by atoms with Crippen molar-refractivity contribution in [2.45, 2.75) is 0 Å². The Morgan fingerprint density at radius 2 is 1.62 bits per heavy atom. The summed E-state index contributed by atoms with van der Waals surface area (Å²) < 4.78 is 11.3. The van der Waals surface area contributed by atoms with Crippen molar-refractivity contribution >= 4 is 23.0 Å². The van der Waals surface area contributed by atoms with E-state index in [0.29, 0.717) is 34.2 Å². The standard InChI is InChI=1S/C27H20N4O3/c32-26(22-9-4-5-11-24(22)30-19-7-2-1-3-8-19)31-20-12-14-21(15-13-20)34-27-23(10-6-16-29-27)25-17-28-18-33-25/h1-18,30H,(H,31,32). The molecule has 0 atom stereocenters. The van der Waals surface area contributed by atoms with E-state index in [1.54, 1.807) is 48.8 Å². The molecule has 0 spiro atoms. The van der Waals surface area contributed by atoms with Crippen LogP contribution in [0.4, 0.5) is 17.1 Å². The smallest absolute Gasteiger partial charge is 0.257 e. The second-order valence-electron chi connectivity index (χ2n) is 7.34. The molecule has 7 nitrogen and oxygen atoms in total. The number of nitrogens with one attached hydrogen (secondary N) is 2. The lowest BCUT2D eigenvalue weighted by atomic mass is 10.1. The van der Waals surface area contributed by atoms with E-state index < -0.39 is 0 Å². The van der Waals surface area contributed by atoms with Gasteiger partial charge >= 0.3 is 0 Å². The molecule has 0 aliphatic heterocycles. The van der Waals surface area contributed by atoms with E-state index in [1.807, 2.05) is 54.6 Å². The summed E-state index contributed by atoms with van der Waals surface area (Å²) in [4.78, 5) is 21.2. The minimum atomic E-state index is -0.218. The molecule has 2 N–H and O–H groups in total. The highest BCUT2D eigenvalue weighted by molar-refractivity contribution is 6.08.